The van der Waals surface area contributed by atoms with Crippen LogP contribution in [0, 0.1) is 13.8 Å². The minimum Gasteiger partial charge on any atom is -0.340 e. The number of rotatable bonds is 1. The summed E-state index contributed by atoms with van der Waals surface area (Å²) in [5.41, 5.74) is 1.14. The van der Waals surface area contributed by atoms with Gasteiger partial charge in [0.2, 0.25) is 5.95 Å². The largest absolute Gasteiger partial charge is 0.340 e. The third-order valence-corrected chi connectivity index (χ3v) is 4.89. The lowest BCUT2D eigenvalue weighted by Crippen LogP contribution is -2.45. The summed E-state index contributed by atoms with van der Waals surface area (Å²) in [6.45, 7) is 7.73. The monoisotopic (exact) mass is 278 g/mol. The number of anilines is 1. The molecule has 3 heterocycles. The first-order chi connectivity index (χ1) is 9.09. The van der Waals surface area contributed by atoms with Crippen molar-refractivity contribution in [1.82, 2.24) is 14.9 Å². The van der Waals surface area contributed by atoms with E-state index in [4.69, 9.17) is 4.98 Å². The van der Waals surface area contributed by atoms with Crippen molar-refractivity contribution in [2.75, 3.05) is 31.1 Å². The van der Waals surface area contributed by atoms with E-state index in [-0.39, 0.29) is 5.56 Å². The number of piperazine rings is 1. The number of fused-ring (bicyclic) bond motifs is 1. The van der Waals surface area contributed by atoms with Crippen LogP contribution in [-0.2, 0) is 7.05 Å². The molecule has 3 rings (SSSR count). The zero-order valence-corrected chi connectivity index (χ0v) is 12.3. The number of thiophene rings is 1. The van der Waals surface area contributed by atoms with E-state index >= 15 is 0 Å². The highest BCUT2D eigenvalue weighted by molar-refractivity contribution is 7.18. The highest BCUT2D eigenvalue weighted by atomic mass is 32.1. The molecule has 1 aliphatic heterocycles. The molecule has 0 amide bonds. The minimum absolute atomic E-state index is 0.0698. The molecule has 19 heavy (non-hydrogen) atoms. The van der Waals surface area contributed by atoms with Crippen molar-refractivity contribution >= 4 is 27.5 Å². The second-order valence-electron chi connectivity index (χ2n) is 4.98. The van der Waals surface area contributed by atoms with E-state index in [1.165, 1.54) is 4.88 Å². The Balaban J connectivity index is 2.21. The van der Waals surface area contributed by atoms with Gasteiger partial charge in [0.1, 0.15) is 4.83 Å². The third-order valence-electron chi connectivity index (χ3n) is 3.79. The van der Waals surface area contributed by atoms with E-state index in [0.29, 0.717) is 0 Å². The standard InChI is InChI=1S/C13H18N4OS/c1-8-9(2)19-11-10(8)12(18)16(3)13(15-11)17-6-4-14-5-7-17/h14H,4-7H2,1-3H3. The SMILES string of the molecule is Cc1sc2nc(N3CCNCC3)n(C)c(=O)c2c1C. The molecule has 5 nitrogen and oxygen atoms in total. The molecular formula is C13H18N4OS. The van der Waals surface area contributed by atoms with Gasteiger partial charge in [0.15, 0.2) is 0 Å². The number of hydrogen-bond donors (Lipinski definition) is 1. The number of aryl methyl sites for hydroxylation is 2. The summed E-state index contributed by atoms with van der Waals surface area (Å²) in [4.78, 5) is 21.5. The van der Waals surface area contributed by atoms with Crippen molar-refractivity contribution in [3.05, 3.63) is 20.8 Å². The second kappa shape index (κ2) is 4.61. The maximum atomic E-state index is 12.5. The predicted molar refractivity (Wildman–Crippen MR) is 79.4 cm³/mol. The molecule has 0 saturated carbocycles. The van der Waals surface area contributed by atoms with E-state index < -0.39 is 0 Å². The van der Waals surface area contributed by atoms with Crippen LogP contribution in [0.3, 0.4) is 0 Å². The highest BCUT2D eigenvalue weighted by Crippen LogP contribution is 2.27. The first-order valence-corrected chi connectivity index (χ1v) is 7.33. The summed E-state index contributed by atoms with van der Waals surface area (Å²) in [5.74, 6) is 0.792. The van der Waals surface area contributed by atoms with Gasteiger partial charge in [-0.25, -0.2) is 4.98 Å². The van der Waals surface area contributed by atoms with Gasteiger partial charge in [-0.3, -0.25) is 9.36 Å². The van der Waals surface area contributed by atoms with Crippen LogP contribution in [0.15, 0.2) is 4.79 Å². The second-order valence-corrected chi connectivity index (χ2v) is 6.18. The fourth-order valence-corrected chi connectivity index (χ4v) is 3.53. The van der Waals surface area contributed by atoms with Crippen molar-refractivity contribution in [2.24, 2.45) is 7.05 Å². The molecule has 0 atom stereocenters. The lowest BCUT2D eigenvalue weighted by Gasteiger charge is -2.29. The van der Waals surface area contributed by atoms with Crippen molar-refractivity contribution < 1.29 is 0 Å². The highest BCUT2D eigenvalue weighted by Gasteiger charge is 2.19. The molecule has 0 radical (unpaired) electrons. The van der Waals surface area contributed by atoms with E-state index in [2.05, 4.69) is 10.2 Å². The van der Waals surface area contributed by atoms with Crippen LogP contribution in [0.5, 0.6) is 0 Å². The van der Waals surface area contributed by atoms with E-state index in [9.17, 15) is 4.79 Å². The van der Waals surface area contributed by atoms with Crippen LogP contribution in [0.1, 0.15) is 10.4 Å². The molecule has 1 aliphatic rings. The summed E-state index contributed by atoms with van der Waals surface area (Å²) in [6, 6.07) is 0. The van der Waals surface area contributed by atoms with E-state index in [1.807, 2.05) is 20.9 Å². The number of nitrogens with one attached hydrogen (secondary N) is 1. The number of hydrogen-bond acceptors (Lipinski definition) is 5. The van der Waals surface area contributed by atoms with Gasteiger partial charge < -0.3 is 10.2 Å². The summed E-state index contributed by atoms with van der Waals surface area (Å²) in [7, 11) is 1.82. The molecule has 0 aliphatic carbocycles. The van der Waals surface area contributed by atoms with Gasteiger partial charge in [-0.1, -0.05) is 0 Å². The van der Waals surface area contributed by atoms with Gasteiger partial charge in [-0.2, -0.15) is 0 Å². The topological polar surface area (TPSA) is 50.2 Å². The molecule has 0 bridgehead atoms. The van der Waals surface area contributed by atoms with Crippen LogP contribution >= 0.6 is 11.3 Å². The Morgan fingerprint density at radius 2 is 1.95 bits per heavy atom. The number of nitrogens with zero attached hydrogens (tertiary/aromatic N) is 3. The Hall–Kier alpha value is -1.40. The molecule has 6 heteroatoms. The average Bonchev–Trinajstić information content (AvgIpc) is 2.70. The average molecular weight is 278 g/mol. The van der Waals surface area contributed by atoms with Crippen molar-refractivity contribution in [2.45, 2.75) is 13.8 Å². The fraction of sp³-hybridized carbons (Fsp3) is 0.538. The lowest BCUT2D eigenvalue weighted by atomic mass is 10.2. The summed E-state index contributed by atoms with van der Waals surface area (Å²) in [5, 5.41) is 4.10. The van der Waals surface area contributed by atoms with Crippen molar-refractivity contribution in [3.8, 4) is 0 Å². The summed E-state index contributed by atoms with van der Waals surface area (Å²) < 4.78 is 1.69. The van der Waals surface area contributed by atoms with Gasteiger partial charge in [0.25, 0.3) is 5.56 Å². The molecule has 0 aromatic carbocycles. The van der Waals surface area contributed by atoms with E-state index in [1.54, 1.807) is 15.9 Å². The Morgan fingerprint density at radius 1 is 1.26 bits per heavy atom. The molecule has 1 fully saturated rings. The Morgan fingerprint density at radius 3 is 2.63 bits per heavy atom. The molecule has 1 saturated heterocycles. The molecule has 2 aromatic heterocycles. The molecule has 102 valence electrons. The molecule has 0 spiro atoms. The van der Waals surface area contributed by atoms with Gasteiger partial charge in [0, 0.05) is 38.1 Å². The van der Waals surface area contributed by atoms with Crippen LogP contribution in [0.4, 0.5) is 5.95 Å². The van der Waals surface area contributed by atoms with Gasteiger partial charge >= 0.3 is 0 Å². The van der Waals surface area contributed by atoms with Gasteiger partial charge in [-0.05, 0) is 19.4 Å². The quantitative estimate of drug-likeness (QED) is 0.846. The van der Waals surface area contributed by atoms with Crippen molar-refractivity contribution in [3.63, 3.8) is 0 Å². The first-order valence-electron chi connectivity index (χ1n) is 6.52. The Labute approximate surface area is 115 Å². The summed E-state index contributed by atoms with van der Waals surface area (Å²) in [6.07, 6.45) is 0. The Kier molecular flexibility index (Phi) is 3.06. The van der Waals surface area contributed by atoms with Crippen LogP contribution in [-0.4, -0.2) is 35.7 Å². The first kappa shape index (κ1) is 12.6. The van der Waals surface area contributed by atoms with Crippen molar-refractivity contribution in [1.29, 1.82) is 0 Å². The van der Waals surface area contributed by atoms with Crippen LogP contribution in [0.2, 0.25) is 0 Å². The zero-order valence-electron chi connectivity index (χ0n) is 11.5. The predicted octanol–water partition coefficient (Wildman–Crippen LogP) is 1.02. The Bertz CT molecular complexity index is 682. The summed E-state index contributed by atoms with van der Waals surface area (Å²) >= 11 is 1.61. The maximum Gasteiger partial charge on any atom is 0.263 e. The fourth-order valence-electron chi connectivity index (χ4n) is 2.51. The third kappa shape index (κ3) is 1.95. The molecule has 2 aromatic rings. The van der Waals surface area contributed by atoms with E-state index in [0.717, 1.165) is 47.9 Å². The normalized spacial score (nSPS) is 16.3. The minimum atomic E-state index is 0.0698. The maximum absolute atomic E-state index is 12.5. The smallest absolute Gasteiger partial charge is 0.263 e. The molecular weight excluding hydrogens is 260 g/mol. The molecule has 0 unspecified atom stereocenters. The zero-order chi connectivity index (χ0) is 13.6. The van der Waals surface area contributed by atoms with Gasteiger partial charge in [-0.15, -0.1) is 11.3 Å². The lowest BCUT2D eigenvalue weighted by molar-refractivity contribution is 0.570. The molecule has 1 N–H and O–H groups in total. The van der Waals surface area contributed by atoms with Gasteiger partial charge in [0.05, 0.1) is 5.39 Å². The number of aromatic nitrogens is 2. The van der Waals surface area contributed by atoms with Crippen LogP contribution in [0.25, 0.3) is 10.2 Å². The van der Waals surface area contributed by atoms with Crippen LogP contribution < -0.4 is 15.8 Å².